The highest BCUT2D eigenvalue weighted by molar-refractivity contribution is 7.14. The molecule has 3 atom stereocenters. The predicted molar refractivity (Wildman–Crippen MR) is 108 cm³/mol. The summed E-state index contributed by atoms with van der Waals surface area (Å²) in [5.41, 5.74) is 6.22. The van der Waals surface area contributed by atoms with E-state index in [9.17, 15) is 19.2 Å². The van der Waals surface area contributed by atoms with E-state index in [1.807, 2.05) is 13.1 Å². The Morgan fingerprint density at radius 3 is 2.48 bits per heavy atom. The zero-order valence-corrected chi connectivity index (χ0v) is 17.7. The molecule has 1 aromatic rings. The minimum atomic E-state index is -1.07. The van der Waals surface area contributed by atoms with Crippen molar-refractivity contribution in [1.82, 2.24) is 20.4 Å². The number of carbonyl (C=O) groups is 4. The molecule has 2 aliphatic rings. The maximum absolute atomic E-state index is 12.9. The minimum Gasteiger partial charge on any atom is -0.361 e. The number of carbonyl (C=O) groups excluding carboxylic acids is 4. The molecular formula is C19H27N5O4S. The summed E-state index contributed by atoms with van der Waals surface area (Å²) in [7, 11) is 5.42. The summed E-state index contributed by atoms with van der Waals surface area (Å²) in [5, 5.41) is 5.58. The average Bonchev–Trinajstić information content (AvgIpc) is 3.19. The second-order valence-electron chi connectivity index (χ2n) is 8.00. The molecule has 0 saturated heterocycles. The van der Waals surface area contributed by atoms with Crippen LogP contribution in [0.5, 0.6) is 0 Å². The molecule has 1 aliphatic heterocycles. The van der Waals surface area contributed by atoms with Gasteiger partial charge in [0, 0.05) is 44.0 Å². The molecule has 0 radical (unpaired) electrons. The topological polar surface area (TPSA) is 125 Å². The van der Waals surface area contributed by atoms with Crippen molar-refractivity contribution in [3.8, 4) is 0 Å². The average molecular weight is 422 g/mol. The van der Waals surface area contributed by atoms with Gasteiger partial charge in [0.15, 0.2) is 0 Å². The number of primary amides is 1. The largest absolute Gasteiger partial charge is 0.361 e. The first-order chi connectivity index (χ1) is 13.7. The lowest BCUT2D eigenvalue weighted by Crippen LogP contribution is -2.57. The summed E-state index contributed by atoms with van der Waals surface area (Å²) in [6.45, 7) is 1.65. The first kappa shape index (κ1) is 21.3. The highest BCUT2D eigenvalue weighted by Gasteiger charge is 2.37. The number of nitrogens with one attached hydrogen (secondary N) is 2. The summed E-state index contributed by atoms with van der Waals surface area (Å²) in [4.78, 5) is 53.7. The molecule has 158 valence electrons. The van der Waals surface area contributed by atoms with Crippen LogP contribution >= 0.6 is 11.3 Å². The molecule has 1 saturated carbocycles. The van der Waals surface area contributed by atoms with Crippen molar-refractivity contribution in [3.63, 3.8) is 0 Å². The van der Waals surface area contributed by atoms with Crippen molar-refractivity contribution >= 4 is 35.0 Å². The molecule has 0 bridgehead atoms. The van der Waals surface area contributed by atoms with Crippen LogP contribution in [0, 0.1) is 5.92 Å². The molecule has 10 heteroatoms. The van der Waals surface area contributed by atoms with E-state index in [0.29, 0.717) is 24.1 Å². The van der Waals surface area contributed by atoms with E-state index in [4.69, 9.17) is 5.73 Å². The van der Waals surface area contributed by atoms with Gasteiger partial charge in [0.25, 0.3) is 5.91 Å². The van der Waals surface area contributed by atoms with Crippen LogP contribution in [0.25, 0.3) is 0 Å². The summed E-state index contributed by atoms with van der Waals surface area (Å²) >= 11 is 1.46. The van der Waals surface area contributed by atoms with Crippen LogP contribution in [0.1, 0.15) is 39.4 Å². The summed E-state index contributed by atoms with van der Waals surface area (Å²) in [6.07, 6.45) is 1.42. The van der Waals surface area contributed by atoms with Crippen LogP contribution in [0.3, 0.4) is 0 Å². The van der Waals surface area contributed by atoms with E-state index in [0.717, 1.165) is 18.7 Å². The number of fused-ring (bicyclic) bond motifs is 1. The van der Waals surface area contributed by atoms with Crippen LogP contribution in [0.15, 0.2) is 6.07 Å². The molecule has 0 unspecified atom stereocenters. The lowest BCUT2D eigenvalue weighted by atomic mass is 9.81. The highest BCUT2D eigenvalue weighted by atomic mass is 32.1. The third kappa shape index (κ3) is 4.76. The van der Waals surface area contributed by atoms with Gasteiger partial charge in [-0.3, -0.25) is 24.1 Å². The quantitative estimate of drug-likeness (QED) is 0.573. The number of amides is 4. The Labute approximate surface area is 173 Å². The standard InChI is InChI=1S/C19H27N5O4S/c1-23(2)19(28)10-4-5-12(21-18(27)16(20)25)13(6-10)22-17(26)14-7-11-8-24(3)9-15(11)29-14/h7,10,12-13H,4-6,8-9H2,1-3H3,(H2,20,25)(H,21,27)(H,22,26)/t10-,12-,13+/m0/s1. The Bertz CT molecular complexity index is 813. The van der Waals surface area contributed by atoms with E-state index in [1.165, 1.54) is 21.1 Å². The third-order valence-electron chi connectivity index (χ3n) is 5.47. The normalized spacial score (nSPS) is 23.9. The van der Waals surface area contributed by atoms with Gasteiger partial charge in [-0.2, -0.15) is 0 Å². The predicted octanol–water partition coefficient (Wildman–Crippen LogP) is -0.350. The van der Waals surface area contributed by atoms with E-state index < -0.39 is 23.9 Å². The van der Waals surface area contributed by atoms with Gasteiger partial charge in [-0.05, 0) is 37.9 Å². The van der Waals surface area contributed by atoms with Gasteiger partial charge < -0.3 is 21.3 Å². The number of nitrogens with two attached hydrogens (primary N) is 1. The van der Waals surface area contributed by atoms with Crippen molar-refractivity contribution in [2.75, 3.05) is 21.1 Å². The fourth-order valence-electron chi connectivity index (χ4n) is 4.01. The Balaban J connectivity index is 1.73. The van der Waals surface area contributed by atoms with Crippen LogP contribution in [0.2, 0.25) is 0 Å². The lowest BCUT2D eigenvalue weighted by molar-refractivity contribution is -0.138. The minimum absolute atomic E-state index is 0.0120. The number of hydrogen-bond acceptors (Lipinski definition) is 6. The van der Waals surface area contributed by atoms with Crippen molar-refractivity contribution in [2.24, 2.45) is 11.7 Å². The van der Waals surface area contributed by atoms with Gasteiger partial charge in [0.2, 0.25) is 5.91 Å². The number of hydrogen-bond donors (Lipinski definition) is 3. The first-order valence-corrected chi connectivity index (χ1v) is 10.4. The first-order valence-electron chi connectivity index (χ1n) is 9.58. The summed E-state index contributed by atoms with van der Waals surface area (Å²) in [6, 6.07) is 0.984. The van der Waals surface area contributed by atoms with Gasteiger partial charge >= 0.3 is 11.8 Å². The van der Waals surface area contributed by atoms with Crippen molar-refractivity contribution in [2.45, 2.75) is 44.4 Å². The van der Waals surface area contributed by atoms with E-state index in [1.54, 1.807) is 14.1 Å². The molecule has 4 amide bonds. The number of rotatable bonds is 4. The zero-order valence-electron chi connectivity index (χ0n) is 16.9. The molecular weight excluding hydrogens is 394 g/mol. The van der Waals surface area contributed by atoms with Gasteiger partial charge in [-0.15, -0.1) is 11.3 Å². The van der Waals surface area contributed by atoms with Crippen molar-refractivity contribution in [1.29, 1.82) is 0 Å². The van der Waals surface area contributed by atoms with Crippen LogP contribution < -0.4 is 16.4 Å². The van der Waals surface area contributed by atoms with Crippen LogP contribution in [-0.2, 0) is 27.5 Å². The molecule has 9 nitrogen and oxygen atoms in total. The van der Waals surface area contributed by atoms with Crippen molar-refractivity contribution in [3.05, 3.63) is 21.4 Å². The van der Waals surface area contributed by atoms with E-state index in [-0.39, 0.29) is 17.7 Å². The maximum Gasteiger partial charge on any atom is 0.309 e. The third-order valence-corrected chi connectivity index (χ3v) is 6.63. The lowest BCUT2D eigenvalue weighted by Gasteiger charge is -2.37. The molecule has 1 fully saturated rings. The molecule has 29 heavy (non-hydrogen) atoms. The van der Waals surface area contributed by atoms with Crippen molar-refractivity contribution < 1.29 is 19.2 Å². The molecule has 3 rings (SSSR count). The van der Waals surface area contributed by atoms with Crippen LogP contribution in [0.4, 0.5) is 0 Å². The molecule has 1 aromatic heterocycles. The fraction of sp³-hybridized carbons (Fsp3) is 0.579. The SMILES string of the molecule is CN1Cc2cc(C(=O)N[C@@H]3C[C@@H](C(=O)N(C)C)CC[C@@H]3NC(=O)C(N)=O)sc2C1. The molecule has 4 N–H and O–H groups in total. The van der Waals surface area contributed by atoms with E-state index >= 15 is 0 Å². The fourth-order valence-corrected chi connectivity index (χ4v) is 5.17. The Morgan fingerprint density at radius 1 is 1.14 bits per heavy atom. The van der Waals surface area contributed by atoms with Gasteiger partial charge in [-0.1, -0.05) is 0 Å². The second-order valence-corrected chi connectivity index (χ2v) is 9.13. The summed E-state index contributed by atoms with van der Waals surface area (Å²) in [5.74, 6) is -2.44. The zero-order chi connectivity index (χ0) is 21.3. The Morgan fingerprint density at radius 2 is 1.86 bits per heavy atom. The molecule has 0 spiro atoms. The smallest absolute Gasteiger partial charge is 0.309 e. The maximum atomic E-state index is 12.9. The molecule has 1 aliphatic carbocycles. The van der Waals surface area contributed by atoms with Crippen LogP contribution in [-0.4, -0.2) is 66.7 Å². The second kappa shape index (κ2) is 8.50. The number of nitrogens with zero attached hydrogens (tertiary/aromatic N) is 2. The van der Waals surface area contributed by atoms with Gasteiger partial charge in [0.1, 0.15) is 0 Å². The molecule has 2 heterocycles. The Hall–Kier alpha value is -2.46. The highest BCUT2D eigenvalue weighted by Crippen LogP contribution is 2.31. The van der Waals surface area contributed by atoms with Gasteiger partial charge in [-0.25, -0.2) is 0 Å². The summed E-state index contributed by atoms with van der Waals surface area (Å²) < 4.78 is 0. The number of thiophene rings is 1. The molecule has 0 aromatic carbocycles. The monoisotopic (exact) mass is 421 g/mol. The van der Waals surface area contributed by atoms with Gasteiger partial charge in [0.05, 0.1) is 10.9 Å². The Kier molecular flexibility index (Phi) is 6.23. The van der Waals surface area contributed by atoms with E-state index in [2.05, 4.69) is 15.5 Å².